The van der Waals surface area contributed by atoms with Crippen LogP contribution in [0, 0.1) is 5.92 Å². The molecule has 2 atom stereocenters. The maximum absolute atomic E-state index is 13.9. The normalized spacial score (nSPS) is 15.4. The number of rotatable bonds is 8. The predicted molar refractivity (Wildman–Crippen MR) is 72.7 cm³/mol. The van der Waals surface area contributed by atoms with Gasteiger partial charge in [0, 0.05) is 9.84 Å². The fourth-order valence-corrected chi connectivity index (χ4v) is 3.12. The highest BCUT2D eigenvalue weighted by Crippen LogP contribution is 2.36. The number of esters is 1. The minimum atomic E-state index is -3.37. The summed E-state index contributed by atoms with van der Waals surface area (Å²) < 4.78 is 32.0. The molecule has 0 spiro atoms. The van der Waals surface area contributed by atoms with Gasteiger partial charge in [-0.2, -0.15) is 8.78 Å². The van der Waals surface area contributed by atoms with Crippen molar-refractivity contribution in [2.75, 3.05) is 6.61 Å². The van der Waals surface area contributed by atoms with Gasteiger partial charge in [-0.1, -0.05) is 49.3 Å². The number of hydrogen-bond acceptors (Lipinski definition) is 2. The Hall–Kier alpha value is 0.0600. The number of alkyl halides is 3. The molecule has 102 valence electrons. The van der Waals surface area contributed by atoms with Gasteiger partial charge >= 0.3 is 11.9 Å². The highest BCUT2D eigenvalue weighted by Gasteiger charge is 2.50. The molecule has 0 aromatic rings. The van der Waals surface area contributed by atoms with Gasteiger partial charge in [-0.3, -0.25) is 0 Å². The second-order valence-corrected chi connectivity index (χ2v) is 5.62. The van der Waals surface area contributed by atoms with Crippen LogP contribution >= 0.6 is 22.6 Å². The van der Waals surface area contributed by atoms with E-state index in [-0.39, 0.29) is 17.0 Å². The number of halogens is 3. The van der Waals surface area contributed by atoms with Crippen LogP contribution in [0.25, 0.3) is 0 Å². The van der Waals surface area contributed by atoms with E-state index in [4.69, 9.17) is 0 Å². The first-order chi connectivity index (χ1) is 7.91. The first-order valence-corrected chi connectivity index (χ1v) is 7.35. The number of ether oxygens (including phenoxy) is 1. The van der Waals surface area contributed by atoms with E-state index in [1.807, 2.05) is 29.5 Å². The van der Waals surface area contributed by atoms with E-state index < -0.39 is 17.8 Å². The largest absolute Gasteiger partial charge is 0.462 e. The molecule has 0 saturated carbocycles. The molecule has 0 bridgehead atoms. The van der Waals surface area contributed by atoms with Crippen LogP contribution in [0.1, 0.15) is 46.5 Å². The van der Waals surface area contributed by atoms with Gasteiger partial charge in [-0.05, 0) is 19.8 Å². The quantitative estimate of drug-likeness (QED) is 0.367. The molecule has 0 amide bonds. The van der Waals surface area contributed by atoms with Crippen molar-refractivity contribution in [2.24, 2.45) is 5.92 Å². The van der Waals surface area contributed by atoms with Crippen LogP contribution in [0.15, 0.2) is 0 Å². The van der Waals surface area contributed by atoms with Crippen molar-refractivity contribution in [1.29, 1.82) is 0 Å². The zero-order chi connectivity index (χ0) is 13.5. The Balaban J connectivity index is 4.65. The maximum atomic E-state index is 13.9. The van der Waals surface area contributed by atoms with E-state index in [1.165, 1.54) is 6.92 Å². The Morgan fingerprint density at radius 1 is 1.35 bits per heavy atom. The molecule has 2 nitrogen and oxygen atoms in total. The Kier molecular flexibility index (Phi) is 8.24. The van der Waals surface area contributed by atoms with Crippen LogP contribution in [-0.4, -0.2) is 22.4 Å². The minimum Gasteiger partial charge on any atom is -0.462 e. The molecule has 0 aromatic heterocycles. The summed E-state index contributed by atoms with van der Waals surface area (Å²) >= 11 is 2.03. The van der Waals surface area contributed by atoms with Crippen LogP contribution in [-0.2, 0) is 9.53 Å². The third-order valence-corrected chi connectivity index (χ3v) is 4.21. The Morgan fingerprint density at radius 2 is 1.94 bits per heavy atom. The lowest BCUT2D eigenvalue weighted by Gasteiger charge is -2.28. The topological polar surface area (TPSA) is 26.3 Å². The minimum absolute atomic E-state index is 0.00820. The summed E-state index contributed by atoms with van der Waals surface area (Å²) in [6.07, 6.45) is 2.87. The van der Waals surface area contributed by atoms with Crippen molar-refractivity contribution < 1.29 is 18.3 Å². The first kappa shape index (κ1) is 17.1. The molecule has 5 heteroatoms. The van der Waals surface area contributed by atoms with E-state index in [9.17, 15) is 13.6 Å². The first-order valence-electron chi connectivity index (χ1n) is 6.10. The van der Waals surface area contributed by atoms with Crippen molar-refractivity contribution in [1.82, 2.24) is 0 Å². The summed E-state index contributed by atoms with van der Waals surface area (Å²) in [4.78, 5) is 11.3. The standard InChI is InChI=1S/C12H21F2IO2/c1-4-7-8-10(15)9(5-2)12(13,14)11(16)17-6-3/h9-10H,4-8H2,1-3H3. The SMILES string of the molecule is CCCCC(I)C(CC)C(F)(F)C(=O)OCC. The number of unbranched alkanes of at least 4 members (excludes halogenated alkanes) is 1. The van der Waals surface area contributed by atoms with Gasteiger partial charge in [0.1, 0.15) is 0 Å². The number of hydrogen-bond donors (Lipinski definition) is 0. The Labute approximate surface area is 116 Å². The molecule has 2 unspecified atom stereocenters. The molecule has 0 N–H and O–H groups in total. The maximum Gasteiger partial charge on any atom is 0.377 e. The third-order valence-electron chi connectivity index (χ3n) is 2.72. The lowest BCUT2D eigenvalue weighted by molar-refractivity contribution is -0.180. The monoisotopic (exact) mass is 362 g/mol. The second kappa shape index (κ2) is 8.21. The molecule has 0 aromatic carbocycles. The van der Waals surface area contributed by atoms with Crippen LogP contribution in [0.5, 0.6) is 0 Å². The van der Waals surface area contributed by atoms with Crippen LogP contribution in [0.4, 0.5) is 8.78 Å². The zero-order valence-corrected chi connectivity index (χ0v) is 12.8. The van der Waals surface area contributed by atoms with E-state index in [1.54, 1.807) is 6.92 Å². The van der Waals surface area contributed by atoms with Crippen LogP contribution < -0.4 is 0 Å². The third kappa shape index (κ3) is 5.06. The lowest BCUT2D eigenvalue weighted by atomic mass is 9.92. The average Bonchev–Trinajstić information content (AvgIpc) is 2.27. The molecule has 0 saturated heterocycles. The molecule has 0 aliphatic heterocycles. The molecule has 0 radical (unpaired) electrons. The second-order valence-electron chi connectivity index (χ2n) is 4.02. The molecule has 0 aliphatic rings. The van der Waals surface area contributed by atoms with Crippen molar-refractivity contribution in [2.45, 2.75) is 56.3 Å². The van der Waals surface area contributed by atoms with Crippen molar-refractivity contribution >= 4 is 28.6 Å². The fourth-order valence-electron chi connectivity index (χ4n) is 1.72. The van der Waals surface area contributed by atoms with Gasteiger partial charge in [0.15, 0.2) is 0 Å². The Morgan fingerprint density at radius 3 is 2.35 bits per heavy atom. The molecular formula is C12H21F2IO2. The summed E-state index contributed by atoms with van der Waals surface area (Å²) in [5, 5.41) is 0. The van der Waals surface area contributed by atoms with E-state index in [2.05, 4.69) is 4.74 Å². The van der Waals surface area contributed by atoms with Gasteiger partial charge in [0.25, 0.3) is 0 Å². The van der Waals surface area contributed by atoms with E-state index >= 15 is 0 Å². The molecular weight excluding hydrogens is 341 g/mol. The fraction of sp³-hybridized carbons (Fsp3) is 0.917. The predicted octanol–water partition coefficient (Wildman–Crippen LogP) is 4.20. The van der Waals surface area contributed by atoms with Gasteiger partial charge in [-0.25, -0.2) is 4.79 Å². The van der Waals surface area contributed by atoms with Crippen molar-refractivity contribution in [3.8, 4) is 0 Å². The van der Waals surface area contributed by atoms with Crippen molar-refractivity contribution in [3.63, 3.8) is 0 Å². The molecule has 0 fully saturated rings. The van der Waals surface area contributed by atoms with E-state index in [0.29, 0.717) is 6.42 Å². The Bertz CT molecular complexity index is 235. The van der Waals surface area contributed by atoms with Gasteiger partial charge in [-0.15, -0.1) is 0 Å². The summed E-state index contributed by atoms with van der Waals surface area (Å²) in [6, 6.07) is 0. The molecule has 0 heterocycles. The van der Waals surface area contributed by atoms with Gasteiger partial charge in [0.05, 0.1) is 6.61 Å². The lowest BCUT2D eigenvalue weighted by Crippen LogP contribution is -2.42. The highest BCUT2D eigenvalue weighted by atomic mass is 127. The number of carbonyl (C=O) groups excluding carboxylic acids is 1. The summed E-state index contributed by atoms with van der Waals surface area (Å²) in [5.41, 5.74) is 0. The average molecular weight is 362 g/mol. The van der Waals surface area contributed by atoms with Crippen molar-refractivity contribution in [3.05, 3.63) is 0 Å². The summed E-state index contributed by atoms with van der Waals surface area (Å²) in [6.45, 7) is 5.24. The summed E-state index contributed by atoms with van der Waals surface area (Å²) in [7, 11) is 0. The van der Waals surface area contributed by atoms with Gasteiger partial charge < -0.3 is 4.74 Å². The summed E-state index contributed by atoms with van der Waals surface area (Å²) in [5.74, 6) is -5.69. The number of carbonyl (C=O) groups is 1. The highest BCUT2D eigenvalue weighted by molar-refractivity contribution is 14.1. The molecule has 17 heavy (non-hydrogen) atoms. The smallest absolute Gasteiger partial charge is 0.377 e. The molecule has 0 rings (SSSR count). The zero-order valence-electron chi connectivity index (χ0n) is 10.6. The van der Waals surface area contributed by atoms with Gasteiger partial charge in [0.2, 0.25) is 0 Å². The van der Waals surface area contributed by atoms with Crippen LogP contribution in [0.2, 0.25) is 0 Å². The van der Waals surface area contributed by atoms with E-state index in [0.717, 1.165) is 12.8 Å². The van der Waals surface area contributed by atoms with Crippen LogP contribution in [0.3, 0.4) is 0 Å². The molecule has 0 aliphatic carbocycles.